The lowest BCUT2D eigenvalue weighted by atomic mass is 10.3. The van der Waals surface area contributed by atoms with E-state index in [-0.39, 0.29) is 0 Å². The number of anilines is 1. The molecule has 0 aliphatic carbocycles. The monoisotopic (exact) mass is 202 g/mol. The van der Waals surface area contributed by atoms with Crippen molar-refractivity contribution in [3.05, 3.63) is 30.7 Å². The summed E-state index contributed by atoms with van der Waals surface area (Å²) in [5, 5.41) is 0. The van der Waals surface area contributed by atoms with Gasteiger partial charge < -0.3 is 9.47 Å². The Kier molecular flexibility index (Phi) is 2.41. The Bertz CT molecular complexity index is 459. The minimum absolute atomic E-state index is 0.946. The van der Waals surface area contributed by atoms with Gasteiger partial charge in [-0.05, 0) is 12.1 Å². The number of aromatic nitrogens is 3. The molecule has 0 fully saturated rings. The van der Waals surface area contributed by atoms with Crippen molar-refractivity contribution in [3.63, 3.8) is 0 Å². The van der Waals surface area contributed by atoms with Crippen LogP contribution in [0.3, 0.4) is 0 Å². The highest BCUT2D eigenvalue weighted by atomic mass is 15.1. The van der Waals surface area contributed by atoms with Crippen molar-refractivity contribution in [2.45, 2.75) is 0 Å². The Morgan fingerprint density at radius 1 is 1.27 bits per heavy atom. The van der Waals surface area contributed by atoms with Crippen molar-refractivity contribution < 1.29 is 0 Å². The number of imidazole rings is 1. The van der Waals surface area contributed by atoms with Crippen molar-refractivity contribution in [3.8, 4) is 11.4 Å². The minimum Gasteiger partial charge on any atom is -0.363 e. The van der Waals surface area contributed by atoms with Gasteiger partial charge in [-0.2, -0.15) is 0 Å². The van der Waals surface area contributed by atoms with Gasteiger partial charge in [0.1, 0.15) is 5.82 Å². The van der Waals surface area contributed by atoms with Crippen LogP contribution in [-0.4, -0.2) is 28.6 Å². The number of nitrogens with zero attached hydrogens (tertiary/aromatic N) is 4. The lowest BCUT2D eigenvalue weighted by molar-refractivity contribution is 0.915. The number of pyridine rings is 1. The third kappa shape index (κ3) is 1.83. The first-order valence-electron chi connectivity index (χ1n) is 4.79. The van der Waals surface area contributed by atoms with Crippen molar-refractivity contribution in [1.29, 1.82) is 0 Å². The fourth-order valence-electron chi connectivity index (χ4n) is 1.42. The highest BCUT2D eigenvalue weighted by Crippen LogP contribution is 2.18. The van der Waals surface area contributed by atoms with Crippen LogP contribution in [0.15, 0.2) is 30.7 Å². The number of hydrogen-bond donors (Lipinski definition) is 0. The zero-order valence-corrected chi connectivity index (χ0v) is 9.18. The highest BCUT2D eigenvalue weighted by molar-refractivity contribution is 5.57. The molecule has 0 bridgehead atoms. The van der Waals surface area contributed by atoms with E-state index >= 15 is 0 Å². The number of aryl methyl sites for hydroxylation is 1. The minimum atomic E-state index is 0.946. The lowest BCUT2D eigenvalue weighted by Crippen LogP contribution is -2.10. The lowest BCUT2D eigenvalue weighted by Gasteiger charge is -2.12. The molecule has 2 aromatic rings. The van der Waals surface area contributed by atoms with Gasteiger partial charge in [-0.1, -0.05) is 6.07 Å². The Balaban J connectivity index is 2.46. The maximum absolute atomic E-state index is 4.54. The summed E-state index contributed by atoms with van der Waals surface area (Å²) in [6.45, 7) is 0. The standard InChI is InChI=1S/C11H14N4/c1-14(2)11-6-4-5-9(13-11)10-7-12-8-15(10)3/h4-8H,1-3H3. The number of hydrogen-bond acceptors (Lipinski definition) is 3. The van der Waals surface area contributed by atoms with Crippen LogP contribution in [-0.2, 0) is 7.05 Å². The predicted octanol–water partition coefficient (Wildman–Crippen LogP) is 1.55. The van der Waals surface area contributed by atoms with Crippen LogP contribution in [0.5, 0.6) is 0 Å². The molecule has 0 spiro atoms. The quantitative estimate of drug-likeness (QED) is 0.741. The van der Waals surface area contributed by atoms with E-state index in [1.807, 2.05) is 55.0 Å². The van der Waals surface area contributed by atoms with Gasteiger partial charge in [-0.15, -0.1) is 0 Å². The summed E-state index contributed by atoms with van der Waals surface area (Å²) >= 11 is 0. The SMILES string of the molecule is CN(C)c1cccc(-c2cncn2C)n1. The Labute approximate surface area is 89.2 Å². The molecule has 0 unspecified atom stereocenters. The zero-order chi connectivity index (χ0) is 10.8. The second-order valence-corrected chi connectivity index (χ2v) is 3.67. The van der Waals surface area contributed by atoms with Crippen LogP contribution in [0.1, 0.15) is 0 Å². The van der Waals surface area contributed by atoms with Gasteiger partial charge in [0.25, 0.3) is 0 Å². The van der Waals surface area contributed by atoms with Gasteiger partial charge in [0, 0.05) is 21.1 Å². The molecule has 78 valence electrons. The summed E-state index contributed by atoms with van der Waals surface area (Å²) in [5.74, 6) is 0.953. The maximum atomic E-state index is 4.54. The summed E-state index contributed by atoms with van der Waals surface area (Å²) in [7, 11) is 5.93. The van der Waals surface area contributed by atoms with E-state index in [9.17, 15) is 0 Å². The molecule has 0 aliphatic heterocycles. The summed E-state index contributed by atoms with van der Waals surface area (Å²) in [5.41, 5.74) is 1.97. The first-order valence-corrected chi connectivity index (χ1v) is 4.79. The van der Waals surface area contributed by atoms with E-state index in [2.05, 4.69) is 9.97 Å². The third-order valence-corrected chi connectivity index (χ3v) is 2.27. The molecule has 0 saturated heterocycles. The van der Waals surface area contributed by atoms with Gasteiger partial charge in [0.15, 0.2) is 0 Å². The zero-order valence-electron chi connectivity index (χ0n) is 9.18. The summed E-state index contributed by atoms with van der Waals surface area (Å²) in [6, 6.07) is 5.98. The molecule has 15 heavy (non-hydrogen) atoms. The molecular weight excluding hydrogens is 188 g/mol. The smallest absolute Gasteiger partial charge is 0.128 e. The molecule has 0 N–H and O–H groups in total. The molecule has 0 aliphatic rings. The molecule has 0 radical (unpaired) electrons. The Morgan fingerprint density at radius 3 is 2.67 bits per heavy atom. The van der Waals surface area contributed by atoms with Crippen molar-refractivity contribution in [2.75, 3.05) is 19.0 Å². The summed E-state index contributed by atoms with van der Waals surface area (Å²) in [4.78, 5) is 10.6. The molecule has 4 nitrogen and oxygen atoms in total. The van der Waals surface area contributed by atoms with Crippen LogP contribution < -0.4 is 4.90 Å². The molecule has 2 aromatic heterocycles. The third-order valence-electron chi connectivity index (χ3n) is 2.27. The molecule has 0 amide bonds. The Hall–Kier alpha value is -1.84. The van der Waals surface area contributed by atoms with Crippen molar-refractivity contribution in [2.24, 2.45) is 7.05 Å². The van der Waals surface area contributed by atoms with E-state index in [1.54, 1.807) is 6.33 Å². The first kappa shape index (κ1) is 9.71. The Morgan fingerprint density at radius 2 is 2.07 bits per heavy atom. The second kappa shape index (κ2) is 3.73. The van der Waals surface area contributed by atoms with Gasteiger partial charge in [0.2, 0.25) is 0 Å². The van der Waals surface area contributed by atoms with Gasteiger partial charge in [-0.3, -0.25) is 0 Å². The fourth-order valence-corrected chi connectivity index (χ4v) is 1.42. The van der Waals surface area contributed by atoms with Gasteiger partial charge in [0.05, 0.1) is 23.9 Å². The van der Waals surface area contributed by atoms with Crippen molar-refractivity contribution in [1.82, 2.24) is 14.5 Å². The molecular formula is C11H14N4. The van der Waals surface area contributed by atoms with E-state index in [0.29, 0.717) is 0 Å². The highest BCUT2D eigenvalue weighted by Gasteiger charge is 2.05. The maximum Gasteiger partial charge on any atom is 0.128 e. The average Bonchev–Trinajstić information content (AvgIpc) is 2.64. The first-order chi connectivity index (χ1) is 7.18. The fraction of sp³-hybridized carbons (Fsp3) is 0.273. The van der Waals surface area contributed by atoms with E-state index in [1.165, 1.54) is 0 Å². The van der Waals surface area contributed by atoms with Crippen LogP contribution in [0.4, 0.5) is 5.82 Å². The van der Waals surface area contributed by atoms with Crippen LogP contribution in [0, 0.1) is 0 Å². The molecule has 4 heteroatoms. The van der Waals surface area contributed by atoms with E-state index < -0.39 is 0 Å². The molecule has 2 heterocycles. The summed E-state index contributed by atoms with van der Waals surface area (Å²) < 4.78 is 1.96. The summed E-state index contributed by atoms with van der Waals surface area (Å²) in [6.07, 6.45) is 3.60. The van der Waals surface area contributed by atoms with Gasteiger partial charge >= 0.3 is 0 Å². The average molecular weight is 202 g/mol. The van der Waals surface area contributed by atoms with Crippen LogP contribution in [0.25, 0.3) is 11.4 Å². The topological polar surface area (TPSA) is 34.0 Å². The predicted molar refractivity (Wildman–Crippen MR) is 60.8 cm³/mol. The number of rotatable bonds is 2. The van der Waals surface area contributed by atoms with E-state index in [4.69, 9.17) is 0 Å². The molecule has 2 rings (SSSR count). The second-order valence-electron chi connectivity index (χ2n) is 3.67. The largest absolute Gasteiger partial charge is 0.363 e. The van der Waals surface area contributed by atoms with Crippen LogP contribution in [0.2, 0.25) is 0 Å². The van der Waals surface area contributed by atoms with Crippen molar-refractivity contribution >= 4 is 5.82 Å². The van der Waals surface area contributed by atoms with Crippen LogP contribution >= 0.6 is 0 Å². The normalized spacial score (nSPS) is 10.3. The molecule has 0 aromatic carbocycles. The molecule has 0 saturated carbocycles. The van der Waals surface area contributed by atoms with E-state index in [0.717, 1.165) is 17.2 Å². The molecule has 0 atom stereocenters. The van der Waals surface area contributed by atoms with Gasteiger partial charge in [-0.25, -0.2) is 9.97 Å².